The van der Waals surface area contributed by atoms with E-state index in [4.69, 9.17) is 14.6 Å². The number of carbonyl (C=O) groups is 1. The zero-order valence-corrected chi connectivity index (χ0v) is 8.06. The summed E-state index contributed by atoms with van der Waals surface area (Å²) in [6, 6.07) is 2.87. The highest BCUT2D eigenvalue weighted by molar-refractivity contribution is 5.77. The normalized spacial score (nSPS) is 15.0. The first kappa shape index (κ1) is 9.64. The molecule has 0 aromatic heterocycles. The second-order valence-electron chi connectivity index (χ2n) is 3.32. The maximum absolute atomic E-state index is 10.8. The van der Waals surface area contributed by atoms with E-state index < -0.39 is 11.9 Å². The number of carboxylic acid groups (broad SMARTS) is 1. The van der Waals surface area contributed by atoms with Crippen molar-refractivity contribution in [3.63, 3.8) is 0 Å². The predicted octanol–water partition coefficient (Wildman–Crippen LogP) is 1.31. The summed E-state index contributed by atoms with van der Waals surface area (Å²) in [6.45, 7) is 1.60. The Balaban J connectivity index is 2.44. The van der Waals surface area contributed by atoms with Crippen LogP contribution in [0.25, 0.3) is 0 Å². The molecule has 0 spiro atoms. The number of aliphatic carboxylic acids is 1. The topological polar surface area (TPSA) is 76.0 Å². The van der Waals surface area contributed by atoms with E-state index in [0.717, 1.165) is 0 Å². The summed E-state index contributed by atoms with van der Waals surface area (Å²) in [4.78, 5) is 10.8. The molecule has 1 aromatic carbocycles. The van der Waals surface area contributed by atoms with Gasteiger partial charge in [-0.3, -0.25) is 4.79 Å². The van der Waals surface area contributed by atoms with Gasteiger partial charge in [0.25, 0.3) is 0 Å². The first-order chi connectivity index (χ1) is 7.09. The number of hydrogen-bond acceptors (Lipinski definition) is 4. The summed E-state index contributed by atoms with van der Waals surface area (Å²) >= 11 is 0. The van der Waals surface area contributed by atoms with Gasteiger partial charge in [0.1, 0.15) is 5.75 Å². The van der Waals surface area contributed by atoms with E-state index in [1.165, 1.54) is 19.1 Å². The second-order valence-corrected chi connectivity index (χ2v) is 3.32. The Hall–Kier alpha value is -1.91. The number of benzene rings is 1. The van der Waals surface area contributed by atoms with E-state index >= 15 is 0 Å². The molecule has 0 radical (unpaired) electrons. The summed E-state index contributed by atoms with van der Waals surface area (Å²) in [5.74, 6) is -0.956. The van der Waals surface area contributed by atoms with Crippen molar-refractivity contribution in [2.75, 3.05) is 6.79 Å². The number of ether oxygens (including phenoxy) is 2. The van der Waals surface area contributed by atoms with Crippen molar-refractivity contribution < 1.29 is 24.5 Å². The molecule has 0 bridgehead atoms. The van der Waals surface area contributed by atoms with Crippen LogP contribution in [0.5, 0.6) is 17.2 Å². The molecule has 15 heavy (non-hydrogen) atoms. The lowest BCUT2D eigenvalue weighted by Gasteiger charge is -2.09. The van der Waals surface area contributed by atoms with Crippen molar-refractivity contribution >= 4 is 5.97 Å². The van der Waals surface area contributed by atoms with E-state index in [9.17, 15) is 9.90 Å². The molecule has 0 amide bonds. The van der Waals surface area contributed by atoms with Crippen molar-refractivity contribution in [2.45, 2.75) is 12.8 Å². The average molecular weight is 210 g/mol. The van der Waals surface area contributed by atoms with Gasteiger partial charge in [0, 0.05) is 11.6 Å². The van der Waals surface area contributed by atoms with Gasteiger partial charge in [0.15, 0.2) is 11.5 Å². The highest BCUT2D eigenvalue weighted by atomic mass is 16.7. The van der Waals surface area contributed by atoms with Gasteiger partial charge in [-0.25, -0.2) is 0 Å². The lowest BCUT2D eigenvalue weighted by molar-refractivity contribution is -0.138. The number of aromatic hydroxyl groups is 1. The summed E-state index contributed by atoms with van der Waals surface area (Å²) in [6.07, 6.45) is 0. The van der Waals surface area contributed by atoms with Crippen molar-refractivity contribution in [3.8, 4) is 17.2 Å². The maximum Gasteiger partial charge on any atom is 0.310 e. The minimum Gasteiger partial charge on any atom is -0.507 e. The monoisotopic (exact) mass is 210 g/mol. The smallest absolute Gasteiger partial charge is 0.310 e. The molecule has 2 rings (SSSR count). The number of carboxylic acids is 1. The van der Waals surface area contributed by atoms with Crippen LogP contribution in [0, 0.1) is 0 Å². The molecule has 1 heterocycles. The van der Waals surface area contributed by atoms with Crippen LogP contribution in [0.4, 0.5) is 0 Å². The van der Waals surface area contributed by atoms with Crippen molar-refractivity contribution in [1.82, 2.24) is 0 Å². The highest BCUT2D eigenvalue weighted by Gasteiger charge is 2.23. The predicted molar refractivity (Wildman–Crippen MR) is 50.3 cm³/mol. The van der Waals surface area contributed by atoms with E-state index in [2.05, 4.69) is 0 Å². The van der Waals surface area contributed by atoms with Crippen LogP contribution in [0.2, 0.25) is 0 Å². The number of rotatable bonds is 2. The van der Waals surface area contributed by atoms with Gasteiger partial charge in [0.2, 0.25) is 6.79 Å². The Kier molecular flexibility index (Phi) is 2.15. The summed E-state index contributed by atoms with van der Waals surface area (Å²) in [7, 11) is 0. The van der Waals surface area contributed by atoms with E-state index in [1.54, 1.807) is 0 Å². The first-order valence-corrected chi connectivity index (χ1v) is 4.45. The maximum atomic E-state index is 10.8. The van der Waals surface area contributed by atoms with Crippen LogP contribution in [0.15, 0.2) is 12.1 Å². The highest BCUT2D eigenvalue weighted by Crippen LogP contribution is 2.40. The molecule has 1 aliphatic heterocycles. The lowest BCUT2D eigenvalue weighted by Crippen LogP contribution is -2.07. The molecule has 0 fully saturated rings. The summed E-state index contributed by atoms with van der Waals surface area (Å²) in [5.41, 5.74) is 0.326. The van der Waals surface area contributed by atoms with Crippen LogP contribution in [0.1, 0.15) is 18.4 Å². The Morgan fingerprint density at radius 1 is 1.40 bits per heavy atom. The fourth-order valence-corrected chi connectivity index (χ4v) is 1.43. The third-order valence-electron chi connectivity index (χ3n) is 2.36. The van der Waals surface area contributed by atoms with Crippen LogP contribution in [-0.2, 0) is 4.79 Å². The van der Waals surface area contributed by atoms with Crippen molar-refractivity contribution in [2.24, 2.45) is 0 Å². The zero-order valence-electron chi connectivity index (χ0n) is 8.06. The molecule has 1 unspecified atom stereocenters. The number of fused-ring (bicyclic) bond motifs is 1. The largest absolute Gasteiger partial charge is 0.507 e. The van der Waals surface area contributed by atoms with Crippen LogP contribution in [0.3, 0.4) is 0 Å². The molecule has 2 N–H and O–H groups in total. The summed E-state index contributed by atoms with van der Waals surface area (Å²) in [5, 5.41) is 18.4. The standard InChI is InChI=1S/C10H10O5/c1-5(10(12)13)6-2-8-9(3-7(6)11)15-4-14-8/h2-3,5,11H,4H2,1H3,(H,12,13). The minimum absolute atomic E-state index is 0.0887. The van der Waals surface area contributed by atoms with Gasteiger partial charge < -0.3 is 19.7 Å². The fourth-order valence-electron chi connectivity index (χ4n) is 1.43. The van der Waals surface area contributed by atoms with Gasteiger partial charge in [0.05, 0.1) is 5.92 Å². The molecule has 0 saturated carbocycles. The minimum atomic E-state index is -0.996. The zero-order chi connectivity index (χ0) is 11.0. The SMILES string of the molecule is CC(C(=O)O)c1cc2c(cc1O)OCO2. The van der Waals surface area contributed by atoms with Gasteiger partial charge in [-0.05, 0) is 13.0 Å². The second kappa shape index (κ2) is 3.34. The molecule has 0 saturated heterocycles. The van der Waals surface area contributed by atoms with E-state index in [1.807, 2.05) is 0 Å². The van der Waals surface area contributed by atoms with Gasteiger partial charge in [-0.1, -0.05) is 0 Å². The number of phenolic OH excluding ortho intramolecular Hbond substituents is 1. The Morgan fingerprint density at radius 3 is 2.60 bits per heavy atom. The summed E-state index contributed by atoms with van der Waals surface area (Å²) < 4.78 is 10.1. The van der Waals surface area contributed by atoms with Crippen molar-refractivity contribution in [1.29, 1.82) is 0 Å². The molecule has 1 aromatic rings. The lowest BCUT2D eigenvalue weighted by atomic mass is 10.00. The van der Waals surface area contributed by atoms with Gasteiger partial charge >= 0.3 is 5.97 Å². The molecule has 80 valence electrons. The first-order valence-electron chi connectivity index (χ1n) is 4.45. The number of hydrogen-bond donors (Lipinski definition) is 2. The quantitative estimate of drug-likeness (QED) is 0.769. The molecular formula is C10H10O5. The third kappa shape index (κ3) is 1.56. The molecule has 1 aliphatic rings. The molecule has 5 nitrogen and oxygen atoms in total. The van der Waals surface area contributed by atoms with Crippen LogP contribution < -0.4 is 9.47 Å². The Labute approximate surface area is 85.9 Å². The van der Waals surface area contributed by atoms with Gasteiger partial charge in [-0.2, -0.15) is 0 Å². The fraction of sp³-hybridized carbons (Fsp3) is 0.300. The van der Waals surface area contributed by atoms with Crippen LogP contribution in [-0.4, -0.2) is 23.0 Å². The molecule has 0 aliphatic carbocycles. The number of phenols is 1. The van der Waals surface area contributed by atoms with Crippen molar-refractivity contribution in [3.05, 3.63) is 17.7 Å². The van der Waals surface area contributed by atoms with Gasteiger partial charge in [-0.15, -0.1) is 0 Å². The molecule has 1 atom stereocenters. The Bertz CT molecular complexity index is 413. The molecule has 5 heteroatoms. The third-order valence-corrected chi connectivity index (χ3v) is 2.36. The Morgan fingerprint density at radius 2 is 2.00 bits per heavy atom. The van der Waals surface area contributed by atoms with E-state index in [0.29, 0.717) is 17.1 Å². The molecular weight excluding hydrogens is 200 g/mol. The van der Waals surface area contributed by atoms with Crippen LogP contribution >= 0.6 is 0 Å². The van der Waals surface area contributed by atoms with E-state index in [-0.39, 0.29) is 12.5 Å². The average Bonchev–Trinajstić information content (AvgIpc) is 2.62.